The quantitative estimate of drug-likeness (QED) is 0.810. The van der Waals surface area contributed by atoms with Gasteiger partial charge in [-0.15, -0.1) is 0 Å². The van der Waals surface area contributed by atoms with Crippen molar-refractivity contribution in [2.24, 2.45) is 5.92 Å². The summed E-state index contributed by atoms with van der Waals surface area (Å²) in [6, 6.07) is 4.71. The van der Waals surface area contributed by atoms with E-state index in [1.807, 2.05) is 0 Å². The van der Waals surface area contributed by atoms with Crippen molar-refractivity contribution in [1.82, 2.24) is 0 Å². The van der Waals surface area contributed by atoms with E-state index in [1.165, 1.54) is 4.90 Å². The Hall–Kier alpha value is -1.26. The smallest absolute Gasteiger partial charge is 0.227 e. The zero-order chi connectivity index (χ0) is 12.6. The zero-order valence-electron chi connectivity index (χ0n) is 8.65. The van der Waals surface area contributed by atoms with Gasteiger partial charge in [0.15, 0.2) is 0 Å². The maximum atomic E-state index is 11.7. The first kappa shape index (κ1) is 12.2. The van der Waals surface area contributed by atoms with Gasteiger partial charge in [-0.1, -0.05) is 23.2 Å². The van der Waals surface area contributed by atoms with Crippen LogP contribution in [0.3, 0.4) is 0 Å². The summed E-state index contributed by atoms with van der Waals surface area (Å²) in [6.45, 7) is 0.0707. The van der Waals surface area contributed by atoms with Crippen molar-refractivity contribution in [1.29, 1.82) is 0 Å². The highest BCUT2D eigenvalue weighted by Gasteiger charge is 2.32. The van der Waals surface area contributed by atoms with E-state index in [1.54, 1.807) is 18.2 Å². The summed E-state index contributed by atoms with van der Waals surface area (Å²) >= 11 is 11.8. The number of hydrogen-bond acceptors (Lipinski definition) is 3. The van der Waals surface area contributed by atoms with Crippen LogP contribution in [0.4, 0.5) is 5.69 Å². The van der Waals surface area contributed by atoms with Gasteiger partial charge in [0.1, 0.15) is 0 Å². The van der Waals surface area contributed by atoms with Gasteiger partial charge in [-0.2, -0.15) is 0 Å². The van der Waals surface area contributed by atoms with E-state index >= 15 is 0 Å². The number of halogens is 2. The van der Waals surface area contributed by atoms with Crippen LogP contribution in [0.1, 0.15) is 6.42 Å². The summed E-state index contributed by atoms with van der Waals surface area (Å²) in [7, 11) is 0. The Morgan fingerprint density at radius 2 is 2.12 bits per heavy atom. The largest absolute Gasteiger partial charge is 0.550 e. The minimum absolute atomic E-state index is 0.0643. The summed E-state index contributed by atoms with van der Waals surface area (Å²) in [5.74, 6) is -2.31. The molecule has 1 aromatic rings. The van der Waals surface area contributed by atoms with Crippen LogP contribution < -0.4 is 10.0 Å². The molecule has 1 saturated heterocycles. The minimum atomic E-state index is -1.22. The molecule has 4 nitrogen and oxygen atoms in total. The first-order chi connectivity index (χ1) is 7.99. The molecule has 17 heavy (non-hydrogen) atoms. The predicted octanol–water partition coefficient (Wildman–Crippen LogP) is 1.10. The highest BCUT2D eigenvalue weighted by Crippen LogP contribution is 2.33. The molecule has 1 heterocycles. The molecular weight excluding hydrogens is 265 g/mol. The topological polar surface area (TPSA) is 60.4 Å². The van der Waals surface area contributed by atoms with Crippen molar-refractivity contribution in [2.75, 3.05) is 11.4 Å². The average Bonchev–Trinajstić information content (AvgIpc) is 2.64. The Balaban J connectivity index is 2.32. The van der Waals surface area contributed by atoms with Crippen molar-refractivity contribution in [2.45, 2.75) is 6.42 Å². The van der Waals surface area contributed by atoms with Gasteiger partial charge in [-0.25, -0.2) is 0 Å². The van der Waals surface area contributed by atoms with Gasteiger partial charge in [0.25, 0.3) is 0 Å². The third-order valence-electron chi connectivity index (χ3n) is 2.66. The molecule has 6 heteroatoms. The second-order valence-corrected chi connectivity index (χ2v) is 4.66. The van der Waals surface area contributed by atoms with Crippen LogP contribution in [-0.4, -0.2) is 18.4 Å². The lowest BCUT2D eigenvalue weighted by Crippen LogP contribution is -2.33. The Morgan fingerprint density at radius 1 is 1.41 bits per heavy atom. The lowest BCUT2D eigenvalue weighted by Gasteiger charge is -2.18. The fourth-order valence-corrected chi connectivity index (χ4v) is 2.18. The van der Waals surface area contributed by atoms with Gasteiger partial charge in [0.2, 0.25) is 5.91 Å². The molecule has 1 aromatic carbocycles. The molecule has 0 radical (unpaired) electrons. The standard InChI is InChI=1S/C11H9Cl2NO3/c12-7-1-2-8(13)9(4-7)14-5-6(11(16)17)3-10(14)15/h1-2,4,6H,3,5H2,(H,16,17)/p-1/t6-/m0/s1. The van der Waals surface area contributed by atoms with Gasteiger partial charge in [0.05, 0.1) is 10.7 Å². The molecule has 1 amide bonds. The van der Waals surface area contributed by atoms with Gasteiger partial charge in [-0.3, -0.25) is 4.79 Å². The third-order valence-corrected chi connectivity index (χ3v) is 3.21. The number of anilines is 1. The van der Waals surface area contributed by atoms with Gasteiger partial charge < -0.3 is 14.8 Å². The molecule has 0 bridgehead atoms. The Bertz CT molecular complexity index is 490. The Kier molecular flexibility index (Phi) is 3.26. The molecule has 0 aromatic heterocycles. The number of amides is 1. The van der Waals surface area contributed by atoms with E-state index in [-0.39, 0.29) is 18.9 Å². The number of carbonyl (C=O) groups is 2. The third kappa shape index (κ3) is 2.37. The molecule has 0 saturated carbocycles. The lowest BCUT2D eigenvalue weighted by molar-refractivity contribution is -0.310. The minimum Gasteiger partial charge on any atom is -0.550 e. The summed E-state index contributed by atoms with van der Waals surface area (Å²) in [5.41, 5.74) is 0.438. The maximum absolute atomic E-state index is 11.7. The van der Waals surface area contributed by atoms with Crippen LogP contribution in [0, 0.1) is 5.92 Å². The molecule has 0 N–H and O–H groups in total. The fourth-order valence-electron chi connectivity index (χ4n) is 1.79. The van der Waals surface area contributed by atoms with E-state index in [9.17, 15) is 14.7 Å². The normalized spacial score (nSPS) is 19.8. The highest BCUT2D eigenvalue weighted by molar-refractivity contribution is 6.35. The summed E-state index contributed by atoms with van der Waals surface area (Å²) < 4.78 is 0. The van der Waals surface area contributed by atoms with Gasteiger partial charge in [-0.05, 0) is 18.2 Å². The van der Waals surface area contributed by atoms with Crippen molar-refractivity contribution < 1.29 is 14.7 Å². The molecular formula is C11H8Cl2NO3-. The Labute approximate surface area is 108 Å². The maximum Gasteiger partial charge on any atom is 0.227 e. The number of carbonyl (C=O) groups excluding carboxylic acids is 2. The van der Waals surface area contributed by atoms with Crippen molar-refractivity contribution in [3.05, 3.63) is 28.2 Å². The van der Waals surface area contributed by atoms with Gasteiger partial charge in [0, 0.05) is 29.9 Å². The molecule has 0 spiro atoms. The monoisotopic (exact) mass is 272 g/mol. The Morgan fingerprint density at radius 3 is 2.71 bits per heavy atom. The molecule has 0 aliphatic carbocycles. The number of aliphatic carboxylic acids is 1. The molecule has 2 rings (SSSR count). The van der Waals surface area contributed by atoms with Crippen LogP contribution in [0.2, 0.25) is 10.0 Å². The van der Waals surface area contributed by atoms with E-state index < -0.39 is 11.9 Å². The zero-order valence-corrected chi connectivity index (χ0v) is 10.2. The molecule has 1 atom stereocenters. The van der Waals surface area contributed by atoms with Crippen LogP contribution in [-0.2, 0) is 9.59 Å². The van der Waals surface area contributed by atoms with E-state index in [0.717, 1.165) is 0 Å². The van der Waals surface area contributed by atoms with Crippen LogP contribution in [0.25, 0.3) is 0 Å². The molecule has 1 fully saturated rings. The lowest BCUT2D eigenvalue weighted by atomic mass is 10.1. The number of carboxylic acid groups (broad SMARTS) is 1. The molecule has 1 aliphatic heterocycles. The molecule has 1 aliphatic rings. The van der Waals surface area contributed by atoms with Crippen LogP contribution in [0.5, 0.6) is 0 Å². The first-order valence-electron chi connectivity index (χ1n) is 4.95. The van der Waals surface area contributed by atoms with E-state index in [0.29, 0.717) is 15.7 Å². The van der Waals surface area contributed by atoms with Crippen LogP contribution >= 0.6 is 23.2 Å². The summed E-state index contributed by atoms with van der Waals surface area (Å²) in [5, 5.41) is 11.5. The highest BCUT2D eigenvalue weighted by atomic mass is 35.5. The molecule has 90 valence electrons. The number of hydrogen-bond donors (Lipinski definition) is 0. The SMILES string of the molecule is O=C([O-])[C@H]1CC(=O)N(c2cc(Cl)ccc2Cl)C1. The fraction of sp³-hybridized carbons (Fsp3) is 0.273. The first-order valence-corrected chi connectivity index (χ1v) is 5.71. The number of rotatable bonds is 2. The van der Waals surface area contributed by atoms with Crippen molar-refractivity contribution in [3.63, 3.8) is 0 Å². The second kappa shape index (κ2) is 4.55. The van der Waals surface area contributed by atoms with E-state index in [2.05, 4.69) is 0 Å². The van der Waals surface area contributed by atoms with Crippen molar-refractivity contribution >= 4 is 40.8 Å². The molecule has 0 unspecified atom stereocenters. The number of nitrogens with zero attached hydrogens (tertiary/aromatic N) is 1. The van der Waals surface area contributed by atoms with E-state index in [4.69, 9.17) is 23.2 Å². The summed E-state index contributed by atoms with van der Waals surface area (Å²) in [4.78, 5) is 23.7. The summed E-state index contributed by atoms with van der Waals surface area (Å²) in [6.07, 6.45) is -0.0643. The average molecular weight is 273 g/mol. The van der Waals surface area contributed by atoms with Crippen molar-refractivity contribution in [3.8, 4) is 0 Å². The van der Waals surface area contributed by atoms with Crippen LogP contribution in [0.15, 0.2) is 18.2 Å². The number of carboxylic acids is 1. The number of benzene rings is 1. The predicted molar refractivity (Wildman–Crippen MR) is 61.9 cm³/mol. The second-order valence-electron chi connectivity index (χ2n) is 3.82. The van der Waals surface area contributed by atoms with Gasteiger partial charge >= 0.3 is 0 Å².